The molecule has 7 nitrogen and oxygen atoms in total. The van der Waals surface area contributed by atoms with Crippen molar-refractivity contribution in [2.45, 2.75) is 56.4 Å². The summed E-state index contributed by atoms with van der Waals surface area (Å²) in [5.41, 5.74) is 14.8. The number of carbonyl (C=O) groups is 1. The van der Waals surface area contributed by atoms with Crippen molar-refractivity contribution in [1.82, 2.24) is 9.97 Å². The molecule has 136 valence electrons. The summed E-state index contributed by atoms with van der Waals surface area (Å²) in [7, 11) is 1.41. The molecule has 0 aromatic carbocycles. The molecule has 1 saturated heterocycles. The van der Waals surface area contributed by atoms with Crippen molar-refractivity contribution in [3.8, 4) is 0 Å². The molecule has 1 aliphatic heterocycles. The molecule has 4 N–H and O–H groups in total. The highest BCUT2D eigenvalue weighted by molar-refractivity contribution is 5.75. The van der Waals surface area contributed by atoms with Gasteiger partial charge in [-0.25, -0.2) is 4.98 Å². The molecule has 1 saturated carbocycles. The lowest BCUT2D eigenvalue weighted by atomic mass is 9.71. The normalized spacial score (nSPS) is 27.5. The zero-order valence-electron chi connectivity index (χ0n) is 14.8. The fraction of sp³-hybridized carbons (Fsp3) is 0.722. The molecule has 1 spiro atoms. The third kappa shape index (κ3) is 2.65. The number of nitrogens with two attached hydrogens (primary N) is 2. The Morgan fingerprint density at radius 1 is 1.20 bits per heavy atom. The smallest absolute Gasteiger partial charge is 0.312 e. The fourth-order valence-electron chi connectivity index (χ4n) is 5.08. The van der Waals surface area contributed by atoms with Crippen LogP contribution in [0.3, 0.4) is 0 Å². The van der Waals surface area contributed by atoms with Crippen LogP contribution in [0.4, 0.5) is 11.8 Å². The molecule has 1 unspecified atom stereocenters. The molecule has 4 rings (SSSR count). The average Bonchev–Trinajstić information content (AvgIpc) is 3.22. The van der Waals surface area contributed by atoms with Gasteiger partial charge < -0.3 is 21.1 Å². The summed E-state index contributed by atoms with van der Waals surface area (Å²) in [4.78, 5) is 23.3. The second kappa shape index (κ2) is 6.12. The Hall–Kier alpha value is -1.89. The number of nitrogen functional groups attached to an aromatic ring is 1. The van der Waals surface area contributed by atoms with Crippen molar-refractivity contribution in [3.63, 3.8) is 0 Å². The summed E-state index contributed by atoms with van der Waals surface area (Å²) in [6.45, 7) is 1.12. The number of hydrogen-bond donors (Lipinski definition) is 2. The molecule has 0 radical (unpaired) electrons. The number of hydrogen-bond acceptors (Lipinski definition) is 7. The molecule has 2 fully saturated rings. The number of methoxy groups -OCH3 is 1. The van der Waals surface area contributed by atoms with Crippen LogP contribution in [0.25, 0.3) is 0 Å². The highest BCUT2D eigenvalue weighted by Crippen LogP contribution is 2.49. The molecular formula is C18H27N5O2. The highest BCUT2D eigenvalue weighted by atomic mass is 16.5. The lowest BCUT2D eigenvalue weighted by molar-refractivity contribution is -0.145. The van der Waals surface area contributed by atoms with E-state index in [1.165, 1.54) is 44.8 Å². The average molecular weight is 345 g/mol. The predicted molar refractivity (Wildman–Crippen MR) is 95.2 cm³/mol. The minimum absolute atomic E-state index is 0.184. The van der Waals surface area contributed by atoms with Gasteiger partial charge >= 0.3 is 5.97 Å². The van der Waals surface area contributed by atoms with Gasteiger partial charge in [-0.3, -0.25) is 4.79 Å². The van der Waals surface area contributed by atoms with E-state index in [2.05, 4.69) is 14.9 Å². The standard InChI is InChI=1S/C18H27N5O2/c1-25-16(24)12-9-23(10-13(12)19)15-11-5-4-8-18(6-2-3-7-18)14(11)21-17(20)22-15/h12-13H,2-10,19H2,1H3,(H2,20,21,22)/t12?,13-/m0/s1. The van der Waals surface area contributed by atoms with E-state index in [1.54, 1.807) is 0 Å². The van der Waals surface area contributed by atoms with Gasteiger partial charge in [0.2, 0.25) is 5.95 Å². The van der Waals surface area contributed by atoms with Gasteiger partial charge in [0.25, 0.3) is 0 Å². The summed E-state index contributed by atoms with van der Waals surface area (Å²) in [5, 5.41) is 0. The van der Waals surface area contributed by atoms with Crippen LogP contribution in [0.5, 0.6) is 0 Å². The molecular weight excluding hydrogens is 318 g/mol. The first-order chi connectivity index (χ1) is 12.0. The second-order valence-corrected chi connectivity index (χ2v) is 7.77. The second-order valence-electron chi connectivity index (χ2n) is 7.77. The number of fused-ring (bicyclic) bond motifs is 2. The third-order valence-electron chi connectivity index (χ3n) is 6.32. The number of nitrogens with zero attached hydrogens (tertiary/aromatic N) is 3. The van der Waals surface area contributed by atoms with Gasteiger partial charge in [-0.05, 0) is 32.1 Å². The predicted octanol–water partition coefficient (Wildman–Crippen LogP) is 1.14. The van der Waals surface area contributed by atoms with E-state index < -0.39 is 0 Å². The van der Waals surface area contributed by atoms with Gasteiger partial charge in [0.05, 0.1) is 18.7 Å². The molecule has 0 amide bonds. The van der Waals surface area contributed by atoms with E-state index in [-0.39, 0.29) is 23.3 Å². The van der Waals surface area contributed by atoms with E-state index >= 15 is 0 Å². The van der Waals surface area contributed by atoms with Crippen molar-refractivity contribution in [3.05, 3.63) is 11.3 Å². The van der Waals surface area contributed by atoms with Crippen LogP contribution >= 0.6 is 0 Å². The number of esters is 1. The van der Waals surface area contributed by atoms with Crippen LogP contribution in [-0.2, 0) is 21.4 Å². The topological polar surface area (TPSA) is 107 Å². The first-order valence-corrected chi connectivity index (χ1v) is 9.29. The fourth-order valence-corrected chi connectivity index (χ4v) is 5.08. The summed E-state index contributed by atoms with van der Waals surface area (Å²) in [6.07, 6.45) is 8.24. The number of carbonyl (C=O) groups excluding carboxylic acids is 1. The lowest BCUT2D eigenvalue weighted by Gasteiger charge is -2.36. The van der Waals surface area contributed by atoms with Crippen LogP contribution in [0, 0.1) is 5.92 Å². The van der Waals surface area contributed by atoms with Crippen molar-refractivity contribution in [2.75, 3.05) is 30.8 Å². The van der Waals surface area contributed by atoms with E-state index in [9.17, 15) is 4.79 Å². The van der Waals surface area contributed by atoms with Crippen LogP contribution in [-0.4, -0.2) is 42.2 Å². The summed E-state index contributed by atoms with van der Waals surface area (Å²) >= 11 is 0. The molecule has 2 atom stereocenters. The molecule has 0 bridgehead atoms. The Kier molecular flexibility index (Phi) is 4.06. The monoisotopic (exact) mass is 345 g/mol. The first-order valence-electron chi connectivity index (χ1n) is 9.29. The largest absolute Gasteiger partial charge is 0.469 e. The SMILES string of the molecule is COC(=O)C1CN(c2nc(N)nc3c2CCCC32CCCC2)C[C@@H]1N. The third-order valence-corrected chi connectivity index (χ3v) is 6.32. The molecule has 7 heteroatoms. The highest BCUT2D eigenvalue weighted by Gasteiger charge is 2.44. The Morgan fingerprint density at radius 2 is 1.92 bits per heavy atom. The first kappa shape index (κ1) is 16.6. The minimum Gasteiger partial charge on any atom is -0.469 e. The maximum Gasteiger partial charge on any atom is 0.312 e. The van der Waals surface area contributed by atoms with Crippen LogP contribution in [0.15, 0.2) is 0 Å². The van der Waals surface area contributed by atoms with Crippen molar-refractivity contribution in [2.24, 2.45) is 11.7 Å². The Labute approximate surface area is 148 Å². The minimum atomic E-state index is -0.319. The molecule has 1 aromatic rings. The Morgan fingerprint density at radius 3 is 2.64 bits per heavy atom. The van der Waals surface area contributed by atoms with Crippen LogP contribution in [0.1, 0.15) is 49.8 Å². The Bertz CT molecular complexity index is 686. The van der Waals surface area contributed by atoms with Crippen LogP contribution in [0.2, 0.25) is 0 Å². The number of rotatable bonds is 2. The summed E-state index contributed by atoms with van der Waals surface area (Å²) in [6, 6.07) is -0.247. The van der Waals surface area contributed by atoms with Crippen molar-refractivity contribution < 1.29 is 9.53 Å². The van der Waals surface area contributed by atoms with Gasteiger partial charge in [-0.1, -0.05) is 12.8 Å². The van der Waals surface area contributed by atoms with Crippen molar-refractivity contribution in [1.29, 1.82) is 0 Å². The van der Waals surface area contributed by atoms with Gasteiger partial charge in [0, 0.05) is 30.1 Å². The molecule has 1 aromatic heterocycles. The molecule has 2 heterocycles. The maximum absolute atomic E-state index is 12.0. The summed E-state index contributed by atoms with van der Waals surface area (Å²) in [5.74, 6) is 0.645. The van der Waals surface area contributed by atoms with E-state index in [4.69, 9.17) is 16.2 Å². The van der Waals surface area contributed by atoms with Crippen molar-refractivity contribution >= 4 is 17.7 Å². The van der Waals surface area contributed by atoms with Gasteiger partial charge in [-0.15, -0.1) is 0 Å². The van der Waals surface area contributed by atoms with E-state index in [0.29, 0.717) is 19.0 Å². The number of ether oxygens (including phenoxy) is 1. The summed E-state index contributed by atoms with van der Waals surface area (Å²) < 4.78 is 4.90. The molecule has 2 aliphatic carbocycles. The van der Waals surface area contributed by atoms with E-state index in [0.717, 1.165) is 24.4 Å². The van der Waals surface area contributed by atoms with Gasteiger partial charge in [0.15, 0.2) is 0 Å². The van der Waals surface area contributed by atoms with E-state index in [1.807, 2.05) is 0 Å². The van der Waals surface area contributed by atoms with Gasteiger partial charge in [-0.2, -0.15) is 4.98 Å². The zero-order chi connectivity index (χ0) is 17.6. The molecule has 25 heavy (non-hydrogen) atoms. The number of anilines is 2. The lowest BCUT2D eigenvalue weighted by Crippen LogP contribution is -2.35. The number of aromatic nitrogens is 2. The molecule has 3 aliphatic rings. The zero-order valence-corrected chi connectivity index (χ0v) is 14.8. The Balaban J connectivity index is 1.72. The van der Waals surface area contributed by atoms with Crippen LogP contribution < -0.4 is 16.4 Å². The maximum atomic E-state index is 12.0. The van der Waals surface area contributed by atoms with Gasteiger partial charge in [0.1, 0.15) is 5.82 Å². The quantitative estimate of drug-likeness (QED) is 0.774.